The zero-order valence-electron chi connectivity index (χ0n) is 18.8. The van der Waals surface area contributed by atoms with Gasteiger partial charge in [0.2, 0.25) is 0 Å². The molecule has 2 aromatic rings. The van der Waals surface area contributed by atoms with Crippen molar-refractivity contribution in [3.63, 3.8) is 0 Å². The third kappa shape index (κ3) is 7.12. The minimum absolute atomic E-state index is 0. The molecule has 0 unspecified atom stereocenters. The number of hydrogen-bond acceptors (Lipinski definition) is 5. The molecule has 1 saturated heterocycles. The second-order valence-corrected chi connectivity index (χ2v) is 8.92. The summed E-state index contributed by atoms with van der Waals surface area (Å²) in [7, 11) is 1.91. The van der Waals surface area contributed by atoms with E-state index in [0.29, 0.717) is 18.9 Å². The summed E-state index contributed by atoms with van der Waals surface area (Å²) in [5, 5.41) is 24.4. The molecule has 0 saturated carbocycles. The number of benzene rings is 2. The molecule has 0 radical (unpaired) electrons. The van der Waals surface area contributed by atoms with Gasteiger partial charge in [0.25, 0.3) is 0 Å². The molecule has 0 aromatic heterocycles. The summed E-state index contributed by atoms with van der Waals surface area (Å²) >= 11 is 5.97. The number of rotatable bonds is 6. The van der Waals surface area contributed by atoms with Crippen LogP contribution in [-0.4, -0.2) is 59.9 Å². The van der Waals surface area contributed by atoms with Crippen LogP contribution < -0.4 is 5.32 Å². The summed E-state index contributed by atoms with van der Waals surface area (Å²) in [5.41, 5.74) is 3.15. The van der Waals surface area contributed by atoms with Gasteiger partial charge in [-0.1, -0.05) is 29.8 Å². The first-order valence-electron chi connectivity index (χ1n) is 10.9. The molecule has 4 rings (SSSR count). The van der Waals surface area contributed by atoms with Crippen LogP contribution in [0.2, 0.25) is 5.02 Å². The predicted molar refractivity (Wildman–Crippen MR) is 137 cm³/mol. The normalized spacial score (nSPS) is 20.7. The molecule has 1 fully saturated rings. The van der Waals surface area contributed by atoms with Gasteiger partial charge < -0.3 is 30.6 Å². The molecule has 9 heteroatoms. The molecular formula is C24H35Cl3N2O4. The van der Waals surface area contributed by atoms with Crippen molar-refractivity contribution in [1.29, 1.82) is 0 Å². The molecule has 5 N–H and O–H groups in total. The van der Waals surface area contributed by atoms with Crippen molar-refractivity contribution in [2.24, 2.45) is 5.92 Å². The second kappa shape index (κ2) is 13.6. The van der Waals surface area contributed by atoms with Crippen LogP contribution in [0.3, 0.4) is 0 Å². The third-order valence-electron chi connectivity index (χ3n) is 6.57. The number of fused-ring (bicyclic) bond motifs is 1. The monoisotopic (exact) mass is 520 g/mol. The first kappa shape index (κ1) is 29.8. The fraction of sp³-hybridized carbons (Fsp3) is 0.500. The SMILES string of the molecule is CNC[C@@H]1O[C@H](C2CCN(CCc3ccc(Cl)cc3)CC2)Cc2c1ccc(O)c2O.Cl.Cl.O. The average molecular weight is 522 g/mol. The molecule has 186 valence electrons. The Morgan fingerprint density at radius 2 is 1.73 bits per heavy atom. The number of hydrogen-bond donors (Lipinski definition) is 3. The summed E-state index contributed by atoms with van der Waals surface area (Å²) in [5.74, 6) is 0.433. The fourth-order valence-corrected chi connectivity index (χ4v) is 4.92. The van der Waals surface area contributed by atoms with Crippen LogP contribution in [0.1, 0.15) is 35.6 Å². The van der Waals surface area contributed by atoms with E-state index in [1.165, 1.54) is 5.56 Å². The summed E-state index contributed by atoms with van der Waals surface area (Å²) in [4.78, 5) is 2.52. The zero-order chi connectivity index (χ0) is 21.1. The van der Waals surface area contributed by atoms with E-state index in [9.17, 15) is 10.2 Å². The van der Waals surface area contributed by atoms with E-state index < -0.39 is 0 Å². The summed E-state index contributed by atoms with van der Waals surface area (Å²) < 4.78 is 6.48. The van der Waals surface area contributed by atoms with E-state index in [-0.39, 0.29) is 54.0 Å². The maximum absolute atomic E-state index is 10.4. The number of likely N-dealkylation sites (tertiary alicyclic amines) is 1. The lowest BCUT2D eigenvalue weighted by molar-refractivity contribution is -0.0670. The Morgan fingerprint density at radius 3 is 2.36 bits per heavy atom. The van der Waals surface area contributed by atoms with Gasteiger partial charge in [0.1, 0.15) is 0 Å². The Hall–Kier alpha value is -1.25. The maximum atomic E-state index is 10.4. The molecule has 33 heavy (non-hydrogen) atoms. The standard InChI is InChI=1S/C24H31ClN2O3.2ClH.H2O/c1-26-15-23-19-6-7-21(28)24(29)20(19)14-22(30-23)17-9-12-27(13-10-17)11-8-16-2-4-18(25)5-3-16;;;/h2-7,17,22-23,26,28-29H,8-15H2,1H3;2*1H;1H2/t22-,23-;;;/m0.../s1. The smallest absolute Gasteiger partial charge is 0.161 e. The lowest BCUT2D eigenvalue weighted by Gasteiger charge is -2.40. The Kier molecular flexibility index (Phi) is 12.3. The highest BCUT2D eigenvalue weighted by Crippen LogP contribution is 2.42. The average Bonchev–Trinajstić information content (AvgIpc) is 2.76. The summed E-state index contributed by atoms with van der Waals surface area (Å²) in [6.07, 6.45) is 3.84. The van der Waals surface area contributed by atoms with Crippen molar-refractivity contribution in [2.75, 3.05) is 33.2 Å². The number of phenols is 2. The van der Waals surface area contributed by atoms with Crippen LogP contribution in [-0.2, 0) is 17.6 Å². The lowest BCUT2D eigenvalue weighted by Crippen LogP contribution is -2.42. The maximum Gasteiger partial charge on any atom is 0.161 e. The quantitative estimate of drug-likeness (QED) is 0.501. The molecule has 0 aliphatic carbocycles. The highest BCUT2D eigenvalue weighted by molar-refractivity contribution is 6.30. The Labute approximate surface area is 213 Å². The molecule has 2 atom stereocenters. The van der Waals surface area contributed by atoms with Crippen molar-refractivity contribution in [3.8, 4) is 11.5 Å². The van der Waals surface area contributed by atoms with Crippen LogP contribution in [0.5, 0.6) is 11.5 Å². The Morgan fingerprint density at radius 1 is 1.06 bits per heavy atom. The molecule has 2 aliphatic heterocycles. The number of likely N-dealkylation sites (N-methyl/N-ethyl adjacent to an activating group) is 1. The van der Waals surface area contributed by atoms with E-state index in [1.807, 2.05) is 25.2 Å². The van der Waals surface area contributed by atoms with E-state index in [4.69, 9.17) is 16.3 Å². The summed E-state index contributed by atoms with van der Waals surface area (Å²) in [6.45, 7) is 3.87. The summed E-state index contributed by atoms with van der Waals surface area (Å²) in [6, 6.07) is 11.5. The van der Waals surface area contributed by atoms with E-state index >= 15 is 0 Å². The van der Waals surface area contributed by atoms with Gasteiger partial charge in [0, 0.05) is 30.1 Å². The van der Waals surface area contributed by atoms with Crippen LogP contribution in [0.4, 0.5) is 0 Å². The van der Waals surface area contributed by atoms with Crippen molar-refractivity contribution in [1.82, 2.24) is 10.2 Å². The minimum atomic E-state index is -0.0989. The van der Waals surface area contributed by atoms with Gasteiger partial charge in [-0.25, -0.2) is 0 Å². The molecule has 6 nitrogen and oxygen atoms in total. The van der Waals surface area contributed by atoms with Gasteiger partial charge in [-0.3, -0.25) is 0 Å². The predicted octanol–water partition coefficient (Wildman–Crippen LogP) is 3.93. The van der Waals surface area contributed by atoms with Crippen LogP contribution in [0.25, 0.3) is 0 Å². The molecule has 0 amide bonds. The van der Waals surface area contributed by atoms with E-state index in [0.717, 1.165) is 55.0 Å². The van der Waals surface area contributed by atoms with Gasteiger partial charge in [-0.15, -0.1) is 24.8 Å². The fourth-order valence-electron chi connectivity index (χ4n) is 4.80. The topological polar surface area (TPSA) is 96.5 Å². The Bertz CT molecular complexity index is 862. The van der Waals surface area contributed by atoms with Gasteiger partial charge in [0.15, 0.2) is 11.5 Å². The minimum Gasteiger partial charge on any atom is -0.504 e. The zero-order valence-corrected chi connectivity index (χ0v) is 21.2. The van der Waals surface area contributed by atoms with Crippen molar-refractivity contribution < 1.29 is 20.4 Å². The first-order chi connectivity index (χ1) is 14.5. The molecule has 0 spiro atoms. The number of aromatic hydroxyl groups is 2. The van der Waals surface area contributed by atoms with Gasteiger partial charge in [0.05, 0.1) is 12.2 Å². The molecule has 2 heterocycles. The van der Waals surface area contributed by atoms with E-state index in [1.54, 1.807) is 6.07 Å². The first-order valence-corrected chi connectivity index (χ1v) is 11.2. The number of halogens is 3. The van der Waals surface area contributed by atoms with Crippen LogP contribution >= 0.6 is 36.4 Å². The largest absolute Gasteiger partial charge is 0.504 e. The number of ether oxygens (including phenoxy) is 1. The Balaban J connectivity index is 0.00000181. The highest BCUT2D eigenvalue weighted by Gasteiger charge is 2.35. The molecular weight excluding hydrogens is 487 g/mol. The number of phenolic OH excluding ortho intramolecular Hbond substituents is 2. The number of nitrogens with one attached hydrogen (secondary N) is 1. The molecule has 2 aromatic carbocycles. The van der Waals surface area contributed by atoms with Crippen LogP contribution in [0.15, 0.2) is 36.4 Å². The second-order valence-electron chi connectivity index (χ2n) is 8.48. The van der Waals surface area contributed by atoms with Gasteiger partial charge >= 0.3 is 0 Å². The number of nitrogens with zero attached hydrogens (tertiary/aromatic N) is 1. The van der Waals surface area contributed by atoms with Gasteiger partial charge in [-0.05, 0) is 74.6 Å². The number of piperidine rings is 1. The van der Waals surface area contributed by atoms with Crippen LogP contribution in [0, 0.1) is 5.92 Å². The van der Waals surface area contributed by atoms with Crippen molar-refractivity contribution in [3.05, 3.63) is 58.1 Å². The van der Waals surface area contributed by atoms with E-state index in [2.05, 4.69) is 22.3 Å². The molecule has 0 bridgehead atoms. The molecule has 2 aliphatic rings. The van der Waals surface area contributed by atoms with Gasteiger partial charge in [-0.2, -0.15) is 0 Å². The highest BCUT2D eigenvalue weighted by atomic mass is 35.5. The van der Waals surface area contributed by atoms with Crippen molar-refractivity contribution >= 4 is 36.4 Å². The lowest BCUT2D eigenvalue weighted by atomic mass is 9.83. The third-order valence-corrected chi connectivity index (χ3v) is 6.82. The van der Waals surface area contributed by atoms with Crippen molar-refractivity contribution in [2.45, 2.75) is 37.9 Å².